The van der Waals surface area contributed by atoms with Crippen LogP contribution in [-0.4, -0.2) is 45.9 Å². The first-order valence-electron chi connectivity index (χ1n) is 7.63. The normalized spacial score (nSPS) is 18.9. The molecule has 2 heterocycles. The molecule has 1 saturated heterocycles. The molecule has 1 aliphatic rings. The molecule has 1 fully saturated rings. The summed E-state index contributed by atoms with van der Waals surface area (Å²) in [6.07, 6.45) is 4.10. The van der Waals surface area contributed by atoms with Gasteiger partial charge in [0.25, 0.3) is 5.88 Å². The summed E-state index contributed by atoms with van der Waals surface area (Å²) >= 11 is 0. The Labute approximate surface area is 131 Å². The third-order valence-electron chi connectivity index (χ3n) is 3.42. The number of carbonyl (C=O) groups excluding carboxylic acids is 1. The molecular formula is C16H24N2O4. The van der Waals surface area contributed by atoms with Gasteiger partial charge in [-0.05, 0) is 52.2 Å². The van der Waals surface area contributed by atoms with Crippen molar-refractivity contribution in [1.82, 2.24) is 9.88 Å². The van der Waals surface area contributed by atoms with Gasteiger partial charge in [0.15, 0.2) is 5.75 Å². The number of aromatic hydroxyl groups is 1. The van der Waals surface area contributed by atoms with Gasteiger partial charge in [-0.15, -0.1) is 0 Å². The van der Waals surface area contributed by atoms with E-state index in [9.17, 15) is 9.90 Å². The number of hydrogen-bond acceptors (Lipinski definition) is 5. The van der Waals surface area contributed by atoms with E-state index in [1.807, 2.05) is 20.8 Å². The van der Waals surface area contributed by atoms with Gasteiger partial charge < -0.3 is 19.5 Å². The van der Waals surface area contributed by atoms with Crippen LogP contribution < -0.4 is 4.74 Å². The molecule has 1 amide bonds. The summed E-state index contributed by atoms with van der Waals surface area (Å²) in [6, 6.07) is 3.09. The smallest absolute Gasteiger partial charge is 0.410 e. The monoisotopic (exact) mass is 308 g/mol. The summed E-state index contributed by atoms with van der Waals surface area (Å²) in [5, 5.41) is 9.68. The van der Waals surface area contributed by atoms with Gasteiger partial charge in [-0.25, -0.2) is 9.78 Å². The van der Waals surface area contributed by atoms with Crippen LogP contribution in [0.25, 0.3) is 0 Å². The molecule has 22 heavy (non-hydrogen) atoms. The molecule has 122 valence electrons. The molecule has 0 aromatic carbocycles. The van der Waals surface area contributed by atoms with Gasteiger partial charge >= 0.3 is 6.09 Å². The molecule has 2 rings (SSSR count). The minimum absolute atomic E-state index is 0.00197. The van der Waals surface area contributed by atoms with Crippen LogP contribution in [0.2, 0.25) is 0 Å². The molecule has 1 aliphatic heterocycles. The summed E-state index contributed by atoms with van der Waals surface area (Å²) in [7, 11) is 0. The van der Waals surface area contributed by atoms with Gasteiger partial charge in [-0.2, -0.15) is 0 Å². The summed E-state index contributed by atoms with van der Waals surface area (Å²) in [4.78, 5) is 18.0. The van der Waals surface area contributed by atoms with E-state index >= 15 is 0 Å². The second-order valence-electron chi connectivity index (χ2n) is 6.46. The fourth-order valence-corrected chi connectivity index (χ4v) is 2.40. The van der Waals surface area contributed by atoms with Crippen molar-refractivity contribution in [3.8, 4) is 11.6 Å². The Hall–Kier alpha value is -1.98. The van der Waals surface area contributed by atoms with Crippen LogP contribution in [0.3, 0.4) is 0 Å². The van der Waals surface area contributed by atoms with Crippen molar-refractivity contribution in [2.45, 2.75) is 51.7 Å². The molecule has 1 aromatic heterocycles. The zero-order valence-corrected chi connectivity index (χ0v) is 13.4. The molecule has 1 aromatic rings. The molecule has 0 bridgehead atoms. The standard InChI is InChI=1S/C16H24N2O4/c1-16(2,3)22-15(20)18-10-5-4-7-12(18)11-21-14-13(19)8-6-9-17-14/h6,8-9,12,19H,4-5,7,10-11H2,1-3H3/t12-/m1/s1. The van der Waals surface area contributed by atoms with Crippen LogP contribution in [0.15, 0.2) is 18.3 Å². The number of piperidine rings is 1. The number of hydrogen-bond donors (Lipinski definition) is 1. The third kappa shape index (κ3) is 4.51. The topological polar surface area (TPSA) is 71.9 Å². The van der Waals surface area contributed by atoms with E-state index in [4.69, 9.17) is 9.47 Å². The number of amides is 1. The van der Waals surface area contributed by atoms with Gasteiger partial charge in [-0.1, -0.05) is 0 Å². The Morgan fingerprint density at radius 2 is 2.23 bits per heavy atom. The first-order valence-corrected chi connectivity index (χ1v) is 7.63. The highest BCUT2D eigenvalue weighted by molar-refractivity contribution is 5.68. The molecule has 6 heteroatoms. The number of pyridine rings is 1. The van der Waals surface area contributed by atoms with Crippen molar-refractivity contribution in [3.63, 3.8) is 0 Å². The van der Waals surface area contributed by atoms with Crippen LogP contribution >= 0.6 is 0 Å². The maximum absolute atomic E-state index is 12.3. The zero-order valence-electron chi connectivity index (χ0n) is 13.4. The van der Waals surface area contributed by atoms with E-state index in [1.54, 1.807) is 17.2 Å². The number of nitrogens with zero attached hydrogens (tertiary/aromatic N) is 2. The van der Waals surface area contributed by atoms with Gasteiger partial charge in [0.2, 0.25) is 0 Å². The molecule has 1 atom stereocenters. The molecule has 1 N–H and O–H groups in total. The first kappa shape index (κ1) is 16.4. The van der Waals surface area contributed by atoms with Gasteiger partial charge in [0.05, 0.1) is 6.04 Å². The fraction of sp³-hybridized carbons (Fsp3) is 0.625. The average Bonchev–Trinajstić information content (AvgIpc) is 2.45. The number of likely N-dealkylation sites (tertiary alicyclic amines) is 1. The number of rotatable bonds is 3. The third-order valence-corrected chi connectivity index (χ3v) is 3.42. The van der Waals surface area contributed by atoms with Crippen LogP contribution in [0, 0.1) is 0 Å². The van der Waals surface area contributed by atoms with Crippen molar-refractivity contribution < 1.29 is 19.4 Å². The lowest BCUT2D eigenvalue weighted by atomic mass is 10.0. The minimum Gasteiger partial charge on any atom is -0.503 e. The SMILES string of the molecule is CC(C)(C)OC(=O)N1CCCC[C@@H]1COc1ncccc1O. The Balaban J connectivity index is 1.98. The predicted octanol–water partition coefficient (Wildman–Crippen LogP) is 2.96. The lowest BCUT2D eigenvalue weighted by Gasteiger charge is -2.36. The Kier molecular flexibility index (Phi) is 5.11. The Morgan fingerprint density at radius 3 is 2.91 bits per heavy atom. The number of ether oxygens (including phenoxy) is 2. The van der Waals surface area contributed by atoms with Crippen molar-refractivity contribution >= 4 is 6.09 Å². The molecule has 0 spiro atoms. The zero-order chi connectivity index (χ0) is 16.2. The maximum atomic E-state index is 12.3. The lowest BCUT2D eigenvalue weighted by molar-refractivity contribution is 0.00324. The summed E-state index contributed by atoms with van der Waals surface area (Å²) in [6.45, 7) is 6.52. The van der Waals surface area contributed by atoms with Crippen molar-refractivity contribution in [3.05, 3.63) is 18.3 Å². The van der Waals surface area contributed by atoms with Crippen molar-refractivity contribution in [2.24, 2.45) is 0 Å². The summed E-state index contributed by atoms with van der Waals surface area (Å²) < 4.78 is 11.0. The number of aromatic nitrogens is 1. The van der Waals surface area contributed by atoms with Crippen LogP contribution in [0.4, 0.5) is 4.79 Å². The lowest BCUT2D eigenvalue weighted by Crippen LogP contribution is -2.48. The highest BCUT2D eigenvalue weighted by Crippen LogP contribution is 2.24. The predicted molar refractivity (Wildman–Crippen MR) is 82.0 cm³/mol. The van der Waals surface area contributed by atoms with Crippen LogP contribution in [-0.2, 0) is 4.74 Å². The molecule has 6 nitrogen and oxygen atoms in total. The van der Waals surface area contributed by atoms with Crippen molar-refractivity contribution in [1.29, 1.82) is 0 Å². The second-order valence-corrected chi connectivity index (χ2v) is 6.46. The second kappa shape index (κ2) is 6.85. The molecule has 0 unspecified atom stereocenters. The Morgan fingerprint density at radius 1 is 1.45 bits per heavy atom. The van der Waals surface area contributed by atoms with Gasteiger partial charge in [-0.3, -0.25) is 0 Å². The first-order chi connectivity index (χ1) is 10.4. The maximum Gasteiger partial charge on any atom is 0.410 e. The summed E-state index contributed by atoms with van der Waals surface area (Å²) in [5.74, 6) is 0.194. The highest BCUT2D eigenvalue weighted by Gasteiger charge is 2.31. The fourth-order valence-electron chi connectivity index (χ4n) is 2.40. The molecule has 0 aliphatic carbocycles. The van der Waals surface area contributed by atoms with E-state index in [1.165, 1.54) is 6.07 Å². The van der Waals surface area contributed by atoms with E-state index in [2.05, 4.69) is 4.98 Å². The van der Waals surface area contributed by atoms with Gasteiger partial charge in [0, 0.05) is 12.7 Å². The van der Waals surface area contributed by atoms with E-state index in [-0.39, 0.29) is 23.8 Å². The Bertz CT molecular complexity index is 513. The molecule has 0 saturated carbocycles. The summed E-state index contributed by atoms with van der Waals surface area (Å²) in [5.41, 5.74) is -0.515. The van der Waals surface area contributed by atoms with E-state index in [0.29, 0.717) is 13.2 Å². The molecule has 0 radical (unpaired) electrons. The van der Waals surface area contributed by atoms with Crippen molar-refractivity contribution in [2.75, 3.05) is 13.2 Å². The average molecular weight is 308 g/mol. The molecular weight excluding hydrogens is 284 g/mol. The largest absolute Gasteiger partial charge is 0.503 e. The van der Waals surface area contributed by atoms with Crippen LogP contribution in [0.1, 0.15) is 40.0 Å². The minimum atomic E-state index is -0.515. The highest BCUT2D eigenvalue weighted by atomic mass is 16.6. The van der Waals surface area contributed by atoms with E-state index < -0.39 is 5.60 Å². The van der Waals surface area contributed by atoms with Crippen LogP contribution in [0.5, 0.6) is 11.6 Å². The van der Waals surface area contributed by atoms with E-state index in [0.717, 1.165) is 19.3 Å². The quantitative estimate of drug-likeness (QED) is 0.929. The number of carbonyl (C=O) groups is 1. The van der Waals surface area contributed by atoms with Gasteiger partial charge in [0.1, 0.15) is 12.2 Å².